The third-order valence-corrected chi connectivity index (χ3v) is 5.89. The molecule has 1 heteroatoms. The highest BCUT2D eigenvalue weighted by atomic mass is 14.6. The van der Waals surface area contributed by atoms with E-state index in [-0.39, 0.29) is 0 Å². The fourth-order valence-corrected chi connectivity index (χ4v) is 5.49. The van der Waals surface area contributed by atoms with E-state index >= 15 is 0 Å². The van der Waals surface area contributed by atoms with E-state index in [0.717, 1.165) is 17.8 Å². The van der Waals surface area contributed by atoms with Crippen molar-refractivity contribution in [1.82, 2.24) is 0 Å². The molecule has 0 spiro atoms. The van der Waals surface area contributed by atoms with Gasteiger partial charge in [-0.25, -0.2) is 0 Å². The fraction of sp³-hybridized carbons (Fsp3) is 0.647. The second kappa shape index (κ2) is 3.89. The molecular weight excluding hydrogens is 215 g/mol. The van der Waals surface area contributed by atoms with Gasteiger partial charge in [-0.1, -0.05) is 36.6 Å². The molecule has 0 aromatic heterocycles. The number of hydrogen-bond donors (Lipinski definition) is 0. The summed E-state index contributed by atoms with van der Waals surface area (Å²) in [4.78, 5) is 0. The highest BCUT2D eigenvalue weighted by Crippen LogP contribution is 2.60. The maximum atomic E-state index is 2.42. The number of benzene rings is 1. The minimum Gasteiger partial charge on any atom is -0.0881 e. The zero-order chi connectivity index (χ0) is 12.2. The van der Waals surface area contributed by atoms with Gasteiger partial charge in [-0.3, -0.25) is 0 Å². The van der Waals surface area contributed by atoms with E-state index in [1.54, 1.807) is 24.8 Å². The van der Waals surface area contributed by atoms with Crippen LogP contribution in [-0.2, 0) is 5.41 Å². The first-order chi connectivity index (χ1) is 8.77. The largest absolute Gasteiger partial charge is 0.148 e. The SMILES string of the molecule is C[B]c1ccc(C23CC4CC(CC(C4)C2)C3)cc1. The lowest BCUT2D eigenvalue weighted by atomic mass is 9.48. The van der Waals surface area contributed by atoms with E-state index in [9.17, 15) is 0 Å². The molecule has 4 saturated carbocycles. The zero-order valence-corrected chi connectivity index (χ0v) is 11.4. The van der Waals surface area contributed by atoms with Crippen LogP contribution in [0.4, 0.5) is 0 Å². The molecule has 4 aliphatic rings. The second-order valence-corrected chi connectivity index (χ2v) is 7.11. The van der Waals surface area contributed by atoms with Gasteiger partial charge in [0.05, 0.1) is 0 Å². The van der Waals surface area contributed by atoms with Crippen LogP contribution in [0, 0.1) is 17.8 Å². The van der Waals surface area contributed by atoms with Crippen molar-refractivity contribution >= 4 is 12.7 Å². The van der Waals surface area contributed by atoms with E-state index in [4.69, 9.17) is 0 Å². The van der Waals surface area contributed by atoms with Gasteiger partial charge in [-0.15, -0.1) is 0 Å². The Morgan fingerprint density at radius 1 is 0.889 bits per heavy atom. The van der Waals surface area contributed by atoms with Gasteiger partial charge in [0, 0.05) is 0 Å². The fourth-order valence-electron chi connectivity index (χ4n) is 5.49. The normalized spacial score (nSPS) is 41.1. The Morgan fingerprint density at radius 2 is 1.39 bits per heavy atom. The minimum atomic E-state index is 0.570. The predicted molar refractivity (Wildman–Crippen MR) is 77.5 cm³/mol. The summed E-state index contributed by atoms with van der Waals surface area (Å²) >= 11 is 0. The van der Waals surface area contributed by atoms with Crippen LogP contribution in [0.25, 0.3) is 0 Å². The molecule has 0 N–H and O–H groups in total. The Kier molecular flexibility index (Phi) is 2.41. The lowest BCUT2D eigenvalue weighted by Crippen LogP contribution is -2.48. The van der Waals surface area contributed by atoms with Crippen LogP contribution in [-0.4, -0.2) is 7.28 Å². The molecular formula is C17H22B. The quantitative estimate of drug-likeness (QED) is 0.690. The van der Waals surface area contributed by atoms with Crippen molar-refractivity contribution in [3.05, 3.63) is 29.8 Å². The minimum absolute atomic E-state index is 0.570. The Labute approximate surface area is 111 Å². The topological polar surface area (TPSA) is 0 Å². The van der Waals surface area contributed by atoms with Crippen molar-refractivity contribution in [3.8, 4) is 0 Å². The summed E-state index contributed by atoms with van der Waals surface area (Å²) in [6, 6.07) is 9.47. The zero-order valence-electron chi connectivity index (χ0n) is 11.4. The van der Waals surface area contributed by atoms with Gasteiger partial charge in [0.1, 0.15) is 7.28 Å². The molecule has 0 atom stereocenters. The van der Waals surface area contributed by atoms with Crippen LogP contribution in [0.1, 0.15) is 44.1 Å². The van der Waals surface area contributed by atoms with E-state index < -0.39 is 0 Å². The van der Waals surface area contributed by atoms with Crippen molar-refractivity contribution in [1.29, 1.82) is 0 Å². The van der Waals surface area contributed by atoms with Crippen LogP contribution in [0.2, 0.25) is 6.82 Å². The van der Waals surface area contributed by atoms with Gasteiger partial charge in [0.15, 0.2) is 0 Å². The van der Waals surface area contributed by atoms with Crippen LogP contribution in [0.15, 0.2) is 24.3 Å². The predicted octanol–water partition coefficient (Wildman–Crippen LogP) is 3.53. The number of hydrogen-bond acceptors (Lipinski definition) is 0. The summed E-state index contributed by atoms with van der Waals surface area (Å²) < 4.78 is 0. The van der Waals surface area contributed by atoms with Crippen molar-refractivity contribution in [2.75, 3.05) is 0 Å². The molecule has 0 aliphatic heterocycles. The Balaban J connectivity index is 1.70. The first kappa shape index (κ1) is 11.1. The molecule has 1 aromatic carbocycles. The van der Waals surface area contributed by atoms with Crippen LogP contribution < -0.4 is 5.46 Å². The van der Waals surface area contributed by atoms with Crippen LogP contribution in [0.3, 0.4) is 0 Å². The Morgan fingerprint density at radius 3 is 1.83 bits per heavy atom. The van der Waals surface area contributed by atoms with Crippen molar-refractivity contribution in [2.24, 2.45) is 17.8 Å². The third kappa shape index (κ3) is 1.59. The Bertz CT molecular complexity index is 410. The third-order valence-electron chi connectivity index (χ3n) is 5.89. The standard InChI is InChI=1S/C17H22B/c1-18-16-4-2-15(3-5-16)17-9-12-6-13(10-17)8-14(7-12)11-17/h2-5,12-14H,6-11H2,1H3. The summed E-state index contributed by atoms with van der Waals surface area (Å²) in [7, 11) is 2.20. The first-order valence-electron chi connectivity index (χ1n) is 7.67. The first-order valence-corrected chi connectivity index (χ1v) is 7.67. The molecule has 1 aromatic rings. The maximum absolute atomic E-state index is 2.42. The molecule has 0 unspecified atom stereocenters. The lowest BCUT2D eigenvalue weighted by molar-refractivity contribution is -0.00517. The highest BCUT2D eigenvalue weighted by Gasteiger charge is 2.51. The maximum Gasteiger partial charge on any atom is 0.148 e. The van der Waals surface area contributed by atoms with Gasteiger partial charge < -0.3 is 0 Å². The van der Waals surface area contributed by atoms with Crippen LogP contribution >= 0.6 is 0 Å². The molecule has 0 nitrogen and oxygen atoms in total. The molecule has 4 bridgehead atoms. The molecule has 1 radical (unpaired) electrons. The van der Waals surface area contributed by atoms with E-state index in [1.165, 1.54) is 24.7 Å². The summed E-state index contributed by atoms with van der Waals surface area (Å²) in [5.74, 6) is 3.15. The van der Waals surface area contributed by atoms with E-state index in [0.29, 0.717) is 5.41 Å². The molecule has 5 rings (SSSR count). The summed E-state index contributed by atoms with van der Waals surface area (Å²) in [5.41, 5.74) is 3.58. The number of rotatable bonds is 2. The molecule has 0 heterocycles. The summed E-state index contributed by atoms with van der Waals surface area (Å²) in [5, 5.41) is 0. The van der Waals surface area contributed by atoms with Gasteiger partial charge in [0.25, 0.3) is 0 Å². The average molecular weight is 237 g/mol. The van der Waals surface area contributed by atoms with Gasteiger partial charge in [-0.2, -0.15) is 0 Å². The van der Waals surface area contributed by atoms with Gasteiger partial charge in [0.2, 0.25) is 0 Å². The molecule has 4 fully saturated rings. The van der Waals surface area contributed by atoms with Gasteiger partial charge >= 0.3 is 0 Å². The average Bonchev–Trinajstić information content (AvgIpc) is 2.37. The molecule has 4 aliphatic carbocycles. The van der Waals surface area contributed by atoms with Crippen molar-refractivity contribution in [2.45, 2.75) is 50.8 Å². The molecule has 18 heavy (non-hydrogen) atoms. The molecule has 0 amide bonds. The summed E-state index contributed by atoms with van der Waals surface area (Å²) in [6.07, 6.45) is 9.07. The highest BCUT2D eigenvalue weighted by molar-refractivity contribution is 6.51. The van der Waals surface area contributed by atoms with E-state index in [2.05, 4.69) is 38.4 Å². The monoisotopic (exact) mass is 237 g/mol. The van der Waals surface area contributed by atoms with Crippen molar-refractivity contribution < 1.29 is 0 Å². The van der Waals surface area contributed by atoms with Gasteiger partial charge in [-0.05, 0) is 67.3 Å². The lowest BCUT2D eigenvalue weighted by Gasteiger charge is -2.57. The summed E-state index contributed by atoms with van der Waals surface area (Å²) in [6.45, 7) is 2.12. The Hall–Kier alpha value is -0.715. The van der Waals surface area contributed by atoms with Crippen molar-refractivity contribution in [3.63, 3.8) is 0 Å². The smallest absolute Gasteiger partial charge is 0.0881 e. The second-order valence-electron chi connectivity index (χ2n) is 7.11. The van der Waals surface area contributed by atoms with Crippen LogP contribution in [0.5, 0.6) is 0 Å². The molecule has 93 valence electrons. The van der Waals surface area contributed by atoms with E-state index in [1.807, 2.05) is 0 Å². The molecule has 0 saturated heterocycles.